The van der Waals surface area contributed by atoms with Gasteiger partial charge in [-0.05, 0) is 24.3 Å². The zero-order valence-electron chi connectivity index (χ0n) is 9.67. The minimum atomic E-state index is 0.208. The molecular weight excluding hydrogens is 224 g/mol. The quantitative estimate of drug-likeness (QED) is 0.682. The first-order valence-corrected chi connectivity index (χ1v) is 5.69. The minimum Gasteiger partial charge on any atom is -0.507 e. The highest BCUT2D eigenvalue weighted by Crippen LogP contribution is 2.31. The van der Waals surface area contributed by atoms with Gasteiger partial charge in [0.2, 0.25) is 0 Å². The fraction of sp³-hybridized carbons (Fsp3) is 0. The van der Waals surface area contributed by atoms with Crippen molar-refractivity contribution in [3.63, 3.8) is 0 Å². The fourth-order valence-electron chi connectivity index (χ4n) is 2.03. The predicted molar refractivity (Wildman–Crippen MR) is 73.3 cm³/mol. The highest BCUT2D eigenvalue weighted by molar-refractivity contribution is 5.92. The van der Waals surface area contributed by atoms with E-state index in [9.17, 15) is 5.11 Å². The van der Waals surface area contributed by atoms with Crippen LogP contribution >= 0.6 is 0 Å². The van der Waals surface area contributed by atoms with Gasteiger partial charge in [-0.25, -0.2) is 4.98 Å². The second-order valence-corrected chi connectivity index (χ2v) is 4.13. The van der Waals surface area contributed by atoms with Crippen LogP contribution in [0.25, 0.3) is 22.2 Å². The van der Waals surface area contributed by atoms with Crippen LogP contribution in [0.1, 0.15) is 0 Å². The maximum atomic E-state index is 9.85. The van der Waals surface area contributed by atoms with Crippen molar-refractivity contribution >= 4 is 16.6 Å². The van der Waals surface area contributed by atoms with Gasteiger partial charge in [0.05, 0.1) is 11.2 Å². The van der Waals surface area contributed by atoms with Crippen molar-refractivity contribution in [3.05, 3.63) is 54.6 Å². The highest BCUT2D eigenvalue weighted by Gasteiger charge is 2.08. The van der Waals surface area contributed by atoms with Crippen molar-refractivity contribution in [1.29, 1.82) is 0 Å². The Morgan fingerprint density at radius 1 is 0.944 bits per heavy atom. The van der Waals surface area contributed by atoms with E-state index in [1.807, 2.05) is 36.4 Å². The van der Waals surface area contributed by atoms with Gasteiger partial charge < -0.3 is 10.8 Å². The molecule has 0 saturated heterocycles. The third-order valence-corrected chi connectivity index (χ3v) is 2.93. The van der Waals surface area contributed by atoms with Gasteiger partial charge in [0, 0.05) is 16.6 Å². The smallest absolute Gasteiger partial charge is 0.124 e. The van der Waals surface area contributed by atoms with E-state index in [1.54, 1.807) is 18.2 Å². The average molecular weight is 236 g/mol. The molecule has 0 fully saturated rings. The molecule has 18 heavy (non-hydrogen) atoms. The average Bonchev–Trinajstić information content (AvgIpc) is 2.39. The van der Waals surface area contributed by atoms with Gasteiger partial charge in [-0.15, -0.1) is 0 Å². The lowest BCUT2D eigenvalue weighted by Crippen LogP contribution is -1.92. The van der Waals surface area contributed by atoms with Gasteiger partial charge in [0.25, 0.3) is 0 Å². The van der Waals surface area contributed by atoms with Gasteiger partial charge in [0.1, 0.15) is 5.75 Å². The van der Waals surface area contributed by atoms with E-state index in [0.29, 0.717) is 16.9 Å². The summed E-state index contributed by atoms with van der Waals surface area (Å²) in [7, 11) is 0. The molecule has 0 atom stereocenters. The zero-order valence-corrected chi connectivity index (χ0v) is 9.67. The van der Waals surface area contributed by atoms with Crippen LogP contribution in [-0.4, -0.2) is 10.1 Å². The van der Waals surface area contributed by atoms with Gasteiger partial charge in [-0.3, -0.25) is 0 Å². The first-order chi connectivity index (χ1) is 8.75. The lowest BCUT2D eigenvalue weighted by molar-refractivity contribution is 0.477. The molecule has 0 spiro atoms. The molecule has 3 N–H and O–H groups in total. The Kier molecular flexibility index (Phi) is 2.38. The number of anilines is 1. The Hall–Kier alpha value is -2.55. The first-order valence-electron chi connectivity index (χ1n) is 5.69. The van der Waals surface area contributed by atoms with Crippen LogP contribution in [0.3, 0.4) is 0 Å². The lowest BCUT2D eigenvalue weighted by atomic mass is 10.1. The summed E-state index contributed by atoms with van der Waals surface area (Å²) >= 11 is 0. The van der Waals surface area contributed by atoms with Crippen LogP contribution in [0.15, 0.2) is 54.6 Å². The summed E-state index contributed by atoms with van der Waals surface area (Å²) < 4.78 is 0. The molecule has 1 aromatic heterocycles. The van der Waals surface area contributed by atoms with Crippen molar-refractivity contribution in [2.24, 2.45) is 0 Å². The number of hydrogen-bond donors (Lipinski definition) is 2. The molecular formula is C15H12N2O. The van der Waals surface area contributed by atoms with Crippen LogP contribution in [0.5, 0.6) is 5.75 Å². The third-order valence-electron chi connectivity index (χ3n) is 2.93. The summed E-state index contributed by atoms with van der Waals surface area (Å²) in [6.45, 7) is 0. The molecule has 0 saturated carbocycles. The number of benzene rings is 2. The number of aromatic hydroxyl groups is 1. The fourth-order valence-corrected chi connectivity index (χ4v) is 2.03. The van der Waals surface area contributed by atoms with Crippen molar-refractivity contribution in [2.45, 2.75) is 0 Å². The van der Waals surface area contributed by atoms with Gasteiger partial charge in [0.15, 0.2) is 0 Å². The van der Waals surface area contributed by atoms with Crippen molar-refractivity contribution < 1.29 is 5.11 Å². The van der Waals surface area contributed by atoms with Crippen molar-refractivity contribution in [1.82, 2.24) is 4.98 Å². The van der Waals surface area contributed by atoms with E-state index < -0.39 is 0 Å². The van der Waals surface area contributed by atoms with E-state index in [2.05, 4.69) is 4.98 Å². The number of pyridine rings is 1. The molecule has 0 radical (unpaired) electrons. The number of para-hydroxylation sites is 2. The standard InChI is InChI=1S/C15H12N2O/c16-12-9-14(11-6-2-4-8-15(11)18)17-13-7-3-1-5-10(12)13/h1-9,18H,(H2,16,17). The predicted octanol–water partition coefficient (Wildman–Crippen LogP) is 3.19. The Balaban J connectivity index is 2.28. The third kappa shape index (κ3) is 1.66. The number of nitrogens with zero attached hydrogens (tertiary/aromatic N) is 1. The Labute approximate surface area is 105 Å². The molecule has 0 bridgehead atoms. The summed E-state index contributed by atoms with van der Waals surface area (Å²) in [5.41, 5.74) is 8.89. The van der Waals surface area contributed by atoms with E-state index >= 15 is 0 Å². The van der Waals surface area contributed by atoms with E-state index in [4.69, 9.17) is 5.73 Å². The monoisotopic (exact) mass is 236 g/mol. The zero-order chi connectivity index (χ0) is 12.5. The van der Waals surface area contributed by atoms with E-state index in [1.165, 1.54) is 0 Å². The van der Waals surface area contributed by atoms with Crippen LogP contribution in [0.4, 0.5) is 5.69 Å². The number of phenolic OH excluding ortho intramolecular Hbond substituents is 1. The summed E-state index contributed by atoms with van der Waals surface area (Å²) in [4.78, 5) is 4.53. The molecule has 2 aromatic carbocycles. The van der Waals surface area contributed by atoms with E-state index in [-0.39, 0.29) is 5.75 Å². The summed E-state index contributed by atoms with van der Waals surface area (Å²) in [6, 6.07) is 16.6. The first kappa shape index (κ1) is 10.6. The number of phenols is 1. The summed E-state index contributed by atoms with van der Waals surface area (Å²) in [6.07, 6.45) is 0. The number of nitrogen functional groups attached to an aromatic ring is 1. The molecule has 3 rings (SSSR count). The van der Waals surface area contributed by atoms with Crippen molar-refractivity contribution in [2.75, 3.05) is 5.73 Å². The second-order valence-electron chi connectivity index (χ2n) is 4.13. The molecule has 0 unspecified atom stereocenters. The summed E-state index contributed by atoms with van der Waals surface area (Å²) in [5.74, 6) is 0.208. The molecule has 88 valence electrons. The van der Waals surface area contributed by atoms with E-state index in [0.717, 1.165) is 10.9 Å². The number of fused-ring (bicyclic) bond motifs is 1. The van der Waals surface area contributed by atoms with Gasteiger partial charge in [-0.1, -0.05) is 30.3 Å². The van der Waals surface area contributed by atoms with Gasteiger partial charge >= 0.3 is 0 Å². The molecule has 3 aromatic rings. The molecule has 3 nitrogen and oxygen atoms in total. The molecule has 1 heterocycles. The molecule has 0 aliphatic carbocycles. The SMILES string of the molecule is Nc1cc(-c2ccccc2O)nc2ccccc12. The second kappa shape index (κ2) is 4.04. The normalized spacial score (nSPS) is 10.7. The maximum Gasteiger partial charge on any atom is 0.124 e. The maximum absolute atomic E-state index is 9.85. The topological polar surface area (TPSA) is 59.1 Å². The molecule has 0 aliphatic rings. The van der Waals surface area contributed by atoms with Crippen LogP contribution in [0, 0.1) is 0 Å². The Morgan fingerprint density at radius 2 is 1.67 bits per heavy atom. The van der Waals surface area contributed by atoms with Crippen LogP contribution < -0.4 is 5.73 Å². The van der Waals surface area contributed by atoms with Crippen LogP contribution in [0.2, 0.25) is 0 Å². The number of rotatable bonds is 1. The lowest BCUT2D eigenvalue weighted by Gasteiger charge is -2.07. The minimum absolute atomic E-state index is 0.208. The number of aromatic nitrogens is 1. The molecule has 0 aliphatic heterocycles. The highest BCUT2D eigenvalue weighted by atomic mass is 16.3. The van der Waals surface area contributed by atoms with Crippen molar-refractivity contribution in [3.8, 4) is 17.0 Å². The van der Waals surface area contributed by atoms with Crippen LogP contribution in [-0.2, 0) is 0 Å². The van der Waals surface area contributed by atoms with Gasteiger partial charge in [-0.2, -0.15) is 0 Å². The Morgan fingerprint density at radius 3 is 2.50 bits per heavy atom. The number of hydrogen-bond acceptors (Lipinski definition) is 3. The molecule has 3 heteroatoms. The Bertz CT molecular complexity index is 723. The largest absolute Gasteiger partial charge is 0.507 e. The number of nitrogens with two attached hydrogens (primary N) is 1. The summed E-state index contributed by atoms with van der Waals surface area (Å²) in [5, 5.41) is 10.8. The molecule has 0 amide bonds.